The van der Waals surface area contributed by atoms with Gasteiger partial charge in [-0.1, -0.05) is 0 Å². The second kappa shape index (κ2) is 3.66. The summed E-state index contributed by atoms with van der Waals surface area (Å²) in [7, 11) is 0. The van der Waals surface area contributed by atoms with E-state index in [2.05, 4.69) is 0 Å². The molecule has 1 atom stereocenters. The van der Waals surface area contributed by atoms with Crippen molar-refractivity contribution in [2.45, 2.75) is 50.7 Å². The highest BCUT2D eigenvalue weighted by molar-refractivity contribution is 5.70. The van der Waals surface area contributed by atoms with Gasteiger partial charge in [0.25, 0.3) is 0 Å². The van der Waals surface area contributed by atoms with Crippen LogP contribution in [0.1, 0.15) is 38.5 Å². The van der Waals surface area contributed by atoms with Crippen molar-refractivity contribution in [3.05, 3.63) is 0 Å². The van der Waals surface area contributed by atoms with Crippen molar-refractivity contribution in [3.63, 3.8) is 0 Å². The fourth-order valence-corrected chi connectivity index (χ4v) is 1.61. The lowest BCUT2D eigenvalue weighted by atomic mass is 9.96. The average Bonchev–Trinajstić information content (AvgIpc) is 2.78. The molecular formula is C10H17NO2. The van der Waals surface area contributed by atoms with E-state index in [1.54, 1.807) is 0 Å². The number of rotatable bonds is 4. The van der Waals surface area contributed by atoms with Crippen molar-refractivity contribution in [1.82, 2.24) is 0 Å². The predicted molar refractivity (Wildman–Crippen MR) is 49.0 cm³/mol. The molecule has 0 aromatic carbocycles. The van der Waals surface area contributed by atoms with E-state index in [1.807, 2.05) is 0 Å². The number of carbonyl (C=O) groups excluding carboxylic acids is 1. The largest absolute Gasteiger partial charge is 0.462 e. The third-order valence-corrected chi connectivity index (χ3v) is 2.98. The Balaban J connectivity index is 1.64. The monoisotopic (exact) mass is 183 g/mol. The molecule has 3 nitrogen and oxygen atoms in total. The molecule has 2 N–H and O–H groups in total. The minimum Gasteiger partial charge on any atom is -0.462 e. The first-order chi connectivity index (χ1) is 6.25. The maximum absolute atomic E-state index is 11.3. The van der Waals surface area contributed by atoms with Gasteiger partial charge in [0.05, 0.1) is 6.42 Å². The van der Waals surface area contributed by atoms with Crippen LogP contribution in [0.4, 0.5) is 0 Å². The molecule has 0 radical (unpaired) electrons. The van der Waals surface area contributed by atoms with Gasteiger partial charge in [-0.2, -0.15) is 0 Å². The minimum absolute atomic E-state index is 0.0487. The Morgan fingerprint density at radius 2 is 2.08 bits per heavy atom. The molecule has 1 unspecified atom stereocenters. The number of hydrogen-bond donors (Lipinski definition) is 1. The van der Waals surface area contributed by atoms with Gasteiger partial charge in [-0.05, 0) is 38.0 Å². The Bertz CT molecular complexity index is 197. The predicted octanol–water partition coefficient (Wildman–Crippen LogP) is 1.21. The number of ether oxygens (including phenoxy) is 1. The molecule has 0 bridgehead atoms. The second-order valence-corrected chi connectivity index (χ2v) is 4.25. The SMILES string of the molecule is NC(CC(=O)OC1CCC1)C1CC1. The first kappa shape index (κ1) is 9.00. The summed E-state index contributed by atoms with van der Waals surface area (Å²) in [6, 6.07) is 0.0487. The average molecular weight is 183 g/mol. The molecule has 2 rings (SSSR count). The molecule has 0 aromatic rings. The lowest BCUT2D eigenvalue weighted by molar-refractivity contribution is -0.153. The molecule has 0 aromatic heterocycles. The highest BCUT2D eigenvalue weighted by atomic mass is 16.5. The second-order valence-electron chi connectivity index (χ2n) is 4.25. The van der Waals surface area contributed by atoms with Gasteiger partial charge in [-0.25, -0.2) is 0 Å². The van der Waals surface area contributed by atoms with E-state index in [1.165, 1.54) is 19.3 Å². The molecule has 13 heavy (non-hydrogen) atoms. The van der Waals surface area contributed by atoms with Crippen LogP contribution in [0, 0.1) is 5.92 Å². The molecule has 0 spiro atoms. The van der Waals surface area contributed by atoms with Crippen LogP contribution >= 0.6 is 0 Å². The number of nitrogens with two attached hydrogens (primary N) is 1. The van der Waals surface area contributed by atoms with Crippen LogP contribution in [0.15, 0.2) is 0 Å². The third kappa shape index (κ3) is 2.44. The van der Waals surface area contributed by atoms with E-state index < -0.39 is 0 Å². The fourth-order valence-electron chi connectivity index (χ4n) is 1.61. The summed E-state index contributed by atoms with van der Waals surface area (Å²) >= 11 is 0. The molecule has 3 heteroatoms. The van der Waals surface area contributed by atoms with Gasteiger partial charge in [0.2, 0.25) is 0 Å². The van der Waals surface area contributed by atoms with Crippen molar-refractivity contribution in [2.75, 3.05) is 0 Å². The molecule has 0 saturated heterocycles. The van der Waals surface area contributed by atoms with Gasteiger partial charge in [0.1, 0.15) is 6.10 Å². The highest BCUT2D eigenvalue weighted by Gasteiger charge is 2.31. The molecule has 0 amide bonds. The Hall–Kier alpha value is -0.570. The van der Waals surface area contributed by atoms with Crippen LogP contribution in [-0.4, -0.2) is 18.1 Å². The van der Waals surface area contributed by atoms with E-state index in [0.717, 1.165) is 12.8 Å². The molecule has 2 fully saturated rings. The maximum atomic E-state index is 11.3. The normalized spacial score (nSPS) is 25.0. The number of esters is 1. The highest BCUT2D eigenvalue weighted by Crippen LogP contribution is 2.33. The van der Waals surface area contributed by atoms with Gasteiger partial charge in [0.15, 0.2) is 0 Å². The van der Waals surface area contributed by atoms with E-state index in [9.17, 15) is 4.79 Å². The lowest BCUT2D eigenvalue weighted by Crippen LogP contribution is -2.31. The van der Waals surface area contributed by atoms with E-state index in [4.69, 9.17) is 10.5 Å². The summed E-state index contributed by atoms with van der Waals surface area (Å²) in [4.78, 5) is 11.3. The lowest BCUT2D eigenvalue weighted by Gasteiger charge is -2.25. The van der Waals surface area contributed by atoms with E-state index in [-0.39, 0.29) is 18.1 Å². The van der Waals surface area contributed by atoms with Gasteiger partial charge in [-0.15, -0.1) is 0 Å². The van der Waals surface area contributed by atoms with Crippen LogP contribution in [0.2, 0.25) is 0 Å². The van der Waals surface area contributed by atoms with Gasteiger partial charge >= 0.3 is 5.97 Å². The summed E-state index contributed by atoms with van der Waals surface area (Å²) in [6.45, 7) is 0. The fraction of sp³-hybridized carbons (Fsp3) is 0.900. The third-order valence-electron chi connectivity index (χ3n) is 2.98. The maximum Gasteiger partial charge on any atom is 0.307 e. The molecule has 74 valence electrons. The molecule has 2 saturated carbocycles. The Morgan fingerprint density at radius 3 is 2.54 bits per heavy atom. The molecular weight excluding hydrogens is 166 g/mol. The van der Waals surface area contributed by atoms with Crippen LogP contribution in [0.25, 0.3) is 0 Å². The Labute approximate surface area is 78.6 Å². The summed E-state index contributed by atoms with van der Waals surface area (Å²) in [5, 5.41) is 0. The summed E-state index contributed by atoms with van der Waals surface area (Å²) in [5.74, 6) is 0.498. The van der Waals surface area contributed by atoms with Crippen molar-refractivity contribution in [1.29, 1.82) is 0 Å². The van der Waals surface area contributed by atoms with Crippen molar-refractivity contribution >= 4 is 5.97 Å². The standard InChI is InChI=1S/C10H17NO2/c11-9(7-4-5-7)6-10(12)13-8-2-1-3-8/h7-9H,1-6,11H2. The van der Waals surface area contributed by atoms with Crippen molar-refractivity contribution in [2.24, 2.45) is 11.7 Å². The smallest absolute Gasteiger partial charge is 0.307 e. The zero-order valence-electron chi connectivity index (χ0n) is 7.87. The topological polar surface area (TPSA) is 52.3 Å². The molecule has 0 heterocycles. The zero-order chi connectivity index (χ0) is 9.26. The first-order valence-corrected chi connectivity index (χ1v) is 5.21. The summed E-state index contributed by atoms with van der Waals surface area (Å²) in [5.41, 5.74) is 5.81. The van der Waals surface area contributed by atoms with Gasteiger partial charge in [0, 0.05) is 6.04 Å². The first-order valence-electron chi connectivity index (χ1n) is 5.21. The summed E-state index contributed by atoms with van der Waals surface area (Å²) < 4.78 is 5.22. The van der Waals surface area contributed by atoms with Crippen LogP contribution < -0.4 is 5.73 Å². The van der Waals surface area contributed by atoms with Crippen LogP contribution in [0.5, 0.6) is 0 Å². The van der Waals surface area contributed by atoms with Gasteiger partial charge in [-0.3, -0.25) is 4.79 Å². The number of carbonyl (C=O) groups is 1. The van der Waals surface area contributed by atoms with Crippen molar-refractivity contribution < 1.29 is 9.53 Å². The van der Waals surface area contributed by atoms with E-state index in [0.29, 0.717) is 12.3 Å². The molecule has 2 aliphatic rings. The quantitative estimate of drug-likeness (QED) is 0.666. The van der Waals surface area contributed by atoms with Crippen molar-refractivity contribution in [3.8, 4) is 0 Å². The number of hydrogen-bond acceptors (Lipinski definition) is 3. The molecule has 2 aliphatic carbocycles. The Morgan fingerprint density at radius 1 is 1.38 bits per heavy atom. The Kier molecular flexibility index (Phi) is 2.54. The summed E-state index contributed by atoms with van der Waals surface area (Å²) in [6.07, 6.45) is 6.30. The minimum atomic E-state index is -0.0934. The van der Waals surface area contributed by atoms with Crippen LogP contribution in [-0.2, 0) is 9.53 Å². The van der Waals surface area contributed by atoms with Crippen LogP contribution in [0.3, 0.4) is 0 Å². The van der Waals surface area contributed by atoms with E-state index >= 15 is 0 Å². The van der Waals surface area contributed by atoms with Gasteiger partial charge < -0.3 is 10.5 Å². The zero-order valence-corrected chi connectivity index (χ0v) is 7.87. The molecule has 0 aliphatic heterocycles.